The fraction of sp³-hybridized carbons (Fsp3) is 0.0370. The molecule has 0 aliphatic carbocycles. The molecule has 0 fully saturated rings. The predicted octanol–water partition coefficient (Wildman–Crippen LogP) is 6.05. The fourth-order valence-corrected chi connectivity index (χ4v) is 3.88. The maximum absolute atomic E-state index is 13.4. The first-order valence-electron chi connectivity index (χ1n) is 10.1. The number of benzene rings is 3. The third kappa shape index (κ3) is 3.60. The normalized spacial score (nSPS) is 11.4. The van der Waals surface area contributed by atoms with Crippen LogP contribution in [0.4, 0.5) is 0 Å². The second-order valence-electron chi connectivity index (χ2n) is 7.33. The molecule has 5 rings (SSSR count). The molecule has 0 aliphatic rings. The van der Waals surface area contributed by atoms with E-state index in [2.05, 4.69) is 9.97 Å². The lowest BCUT2D eigenvalue weighted by molar-refractivity contribution is 0.104. The van der Waals surface area contributed by atoms with Gasteiger partial charge in [0.05, 0.1) is 22.1 Å². The van der Waals surface area contributed by atoms with Gasteiger partial charge in [-0.25, -0.2) is 0 Å². The van der Waals surface area contributed by atoms with Crippen molar-refractivity contribution in [2.45, 2.75) is 6.92 Å². The van der Waals surface area contributed by atoms with Crippen LogP contribution in [-0.2, 0) is 0 Å². The zero-order chi connectivity index (χ0) is 21.2. The molecule has 5 aromatic rings. The Bertz CT molecular complexity index is 1460. The van der Waals surface area contributed by atoms with Crippen molar-refractivity contribution in [1.82, 2.24) is 15.0 Å². The topological polar surface area (TPSA) is 55.7 Å². The molecular weight excluding hydrogens is 382 g/mol. The van der Waals surface area contributed by atoms with Crippen LogP contribution >= 0.6 is 0 Å². The number of pyridine rings is 1. The number of aryl methyl sites for hydroxylation is 1. The van der Waals surface area contributed by atoms with Gasteiger partial charge in [0.25, 0.3) is 0 Å². The molecular formula is C27H19N3O. The number of ketones is 1. The van der Waals surface area contributed by atoms with E-state index in [4.69, 9.17) is 4.98 Å². The van der Waals surface area contributed by atoms with Crippen molar-refractivity contribution >= 4 is 33.8 Å². The number of fused-ring (bicyclic) bond motifs is 2. The molecule has 0 amide bonds. The number of hydrogen-bond acceptors (Lipinski definition) is 4. The summed E-state index contributed by atoms with van der Waals surface area (Å²) in [5.74, 6) is -0.0751. The van der Waals surface area contributed by atoms with Gasteiger partial charge < -0.3 is 0 Å². The second-order valence-corrected chi connectivity index (χ2v) is 7.33. The smallest absolute Gasteiger partial charge is 0.188 e. The van der Waals surface area contributed by atoms with E-state index >= 15 is 0 Å². The van der Waals surface area contributed by atoms with E-state index in [1.54, 1.807) is 18.5 Å². The van der Waals surface area contributed by atoms with Crippen LogP contribution in [0.15, 0.2) is 91.3 Å². The van der Waals surface area contributed by atoms with Gasteiger partial charge in [0, 0.05) is 29.0 Å². The third-order valence-electron chi connectivity index (χ3n) is 5.30. The highest BCUT2D eigenvalue weighted by Crippen LogP contribution is 2.33. The predicted molar refractivity (Wildman–Crippen MR) is 125 cm³/mol. The molecule has 0 atom stereocenters. The van der Waals surface area contributed by atoms with E-state index in [0.717, 1.165) is 44.3 Å². The molecule has 2 aromatic heterocycles. The van der Waals surface area contributed by atoms with Crippen LogP contribution in [0.3, 0.4) is 0 Å². The molecule has 2 heterocycles. The molecule has 148 valence electrons. The molecule has 0 saturated carbocycles. The highest BCUT2D eigenvalue weighted by atomic mass is 16.1. The molecule has 4 nitrogen and oxygen atoms in total. The number of para-hydroxylation sites is 1. The summed E-state index contributed by atoms with van der Waals surface area (Å²) >= 11 is 0. The number of carbonyl (C=O) groups is 1. The Labute approximate surface area is 179 Å². The SMILES string of the molecule is Cc1nc2ccccc2c(-c2ccccc2)c1C(=O)/C=C\c1ccc2nccnc2c1. The van der Waals surface area contributed by atoms with E-state index in [-0.39, 0.29) is 5.78 Å². The minimum atomic E-state index is -0.0751. The fourth-order valence-electron chi connectivity index (χ4n) is 3.88. The Kier molecular flexibility index (Phi) is 4.81. The summed E-state index contributed by atoms with van der Waals surface area (Å²) in [5, 5.41) is 0.969. The Balaban J connectivity index is 1.62. The quantitative estimate of drug-likeness (QED) is 0.272. The minimum Gasteiger partial charge on any atom is -0.289 e. The van der Waals surface area contributed by atoms with Crippen LogP contribution in [0.2, 0.25) is 0 Å². The first kappa shape index (κ1) is 18.8. The maximum Gasteiger partial charge on any atom is 0.188 e. The van der Waals surface area contributed by atoms with Gasteiger partial charge >= 0.3 is 0 Å². The van der Waals surface area contributed by atoms with Gasteiger partial charge in [-0.1, -0.05) is 60.7 Å². The minimum absolute atomic E-state index is 0.0751. The summed E-state index contributed by atoms with van der Waals surface area (Å²) < 4.78 is 0. The Hall–Kier alpha value is -4.18. The molecule has 0 aliphatic heterocycles. The van der Waals surface area contributed by atoms with Crippen LogP contribution in [0.5, 0.6) is 0 Å². The van der Waals surface area contributed by atoms with Crippen molar-refractivity contribution < 1.29 is 4.79 Å². The molecule has 0 bridgehead atoms. The summed E-state index contributed by atoms with van der Waals surface area (Å²) in [6, 6.07) is 23.7. The standard InChI is InChI=1S/C27H19N3O/c1-18-26(25(31)14-12-19-11-13-23-24(17-19)29-16-15-28-23)27(20-7-3-2-4-8-20)21-9-5-6-10-22(21)30-18/h2-17H,1H3/b14-12-. The molecule has 31 heavy (non-hydrogen) atoms. The van der Waals surface area contributed by atoms with Crippen molar-refractivity contribution in [3.8, 4) is 11.1 Å². The summed E-state index contributed by atoms with van der Waals surface area (Å²) in [4.78, 5) is 26.7. The Morgan fingerprint density at radius 3 is 2.39 bits per heavy atom. The molecule has 0 spiro atoms. The van der Waals surface area contributed by atoms with Crippen molar-refractivity contribution in [1.29, 1.82) is 0 Å². The van der Waals surface area contributed by atoms with Crippen molar-refractivity contribution in [2.24, 2.45) is 0 Å². The van der Waals surface area contributed by atoms with Crippen LogP contribution in [0.25, 0.3) is 39.1 Å². The van der Waals surface area contributed by atoms with Crippen molar-refractivity contribution in [3.05, 3.63) is 108 Å². The Morgan fingerprint density at radius 1 is 0.806 bits per heavy atom. The summed E-state index contributed by atoms with van der Waals surface area (Å²) in [5.41, 5.74) is 6.67. The Morgan fingerprint density at radius 2 is 1.55 bits per heavy atom. The summed E-state index contributed by atoms with van der Waals surface area (Å²) in [6.07, 6.45) is 6.77. The van der Waals surface area contributed by atoms with Crippen molar-refractivity contribution in [3.63, 3.8) is 0 Å². The van der Waals surface area contributed by atoms with Crippen LogP contribution in [0.1, 0.15) is 21.6 Å². The van der Waals surface area contributed by atoms with Crippen LogP contribution in [0, 0.1) is 6.92 Å². The zero-order valence-corrected chi connectivity index (χ0v) is 17.0. The highest BCUT2D eigenvalue weighted by molar-refractivity contribution is 6.16. The molecule has 0 saturated heterocycles. The first-order chi connectivity index (χ1) is 15.2. The van der Waals surface area contributed by atoms with Gasteiger partial charge in [-0.05, 0) is 42.3 Å². The van der Waals surface area contributed by atoms with Gasteiger partial charge in [0.2, 0.25) is 0 Å². The number of allylic oxidation sites excluding steroid dienone is 1. The molecule has 0 radical (unpaired) electrons. The van der Waals surface area contributed by atoms with Gasteiger partial charge in [-0.3, -0.25) is 19.7 Å². The lowest BCUT2D eigenvalue weighted by atomic mass is 9.92. The summed E-state index contributed by atoms with van der Waals surface area (Å²) in [6.45, 7) is 1.89. The average molecular weight is 401 g/mol. The molecule has 0 unspecified atom stereocenters. The number of rotatable bonds is 4. The lowest BCUT2D eigenvalue weighted by Gasteiger charge is -2.14. The van der Waals surface area contributed by atoms with Gasteiger partial charge in [-0.15, -0.1) is 0 Å². The van der Waals surface area contributed by atoms with Gasteiger partial charge in [-0.2, -0.15) is 0 Å². The monoisotopic (exact) mass is 401 g/mol. The maximum atomic E-state index is 13.4. The number of nitrogens with zero attached hydrogens (tertiary/aromatic N) is 3. The van der Waals surface area contributed by atoms with Crippen LogP contribution in [-0.4, -0.2) is 20.7 Å². The van der Waals surface area contributed by atoms with Gasteiger partial charge in [0.15, 0.2) is 5.78 Å². The number of carbonyl (C=O) groups excluding carboxylic acids is 1. The second kappa shape index (κ2) is 7.92. The molecule has 0 N–H and O–H groups in total. The largest absolute Gasteiger partial charge is 0.289 e. The number of aromatic nitrogens is 3. The molecule has 3 aromatic carbocycles. The number of hydrogen-bond donors (Lipinski definition) is 0. The van der Waals surface area contributed by atoms with Gasteiger partial charge in [0.1, 0.15) is 0 Å². The summed E-state index contributed by atoms with van der Waals surface area (Å²) in [7, 11) is 0. The zero-order valence-electron chi connectivity index (χ0n) is 17.0. The first-order valence-corrected chi connectivity index (χ1v) is 10.1. The lowest BCUT2D eigenvalue weighted by Crippen LogP contribution is -2.05. The van der Waals surface area contributed by atoms with E-state index < -0.39 is 0 Å². The van der Waals surface area contributed by atoms with E-state index in [9.17, 15) is 4.79 Å². The highest BCUT2D eigenvalue weighted by Gasteiger charge is 2.18. The van der Waals surface area contributed by atoms with E-state index in [1.807, 2.05) is 85.8 Å². The van der Waals surface area contributed by atoms with Crippen molar-refractivity contribution in [2.75, 3.05) is 0 Å². The van der Waals surface area contributed by atoms with E-state index in [0.29, 0.717) is 5.56 Å². The third-order valence-corrected chi connectivity index (χ3v) is 5.30. The van der Waals surface area contributed by atoms with Crippen LogP contribution < -0.4 is 0 Å². The molecule has 4 heteroatoms. The van der Waals surface area contributed by atoms with E-state index in [1.165, 1.54) is 0 Å². The average Bonchev–Trinajstić information content (AvgIpc) is 2.82.